The van der Waals surface area contributed by atoms with E-state index >= 15 is 0 Å². The van der Waals surface area contributed by atoms with Gasteiger partial charge in [0.2, 0.25) is 0 Å². The second-order valence-corrected chi connectivity index (χ2v) is 2.36. The Hall–Kier alpha value is -2.47. The van der Waals surface area contributed by atoms with Gasteiger partial charge in [0, 0.05) is 0 Å². The first kappa shape index (κ1) is 8.14. The molecule has 0 spiro atoms. The van der Waals surface area contributed by atoms with Crippen LogP contribution in [0.3, 0.4) is 0 Å². The second-order valence-electron chi connectivity index (χ2n) is 2.36. The summed E-state index contributed by atoms with van der Waals surface area (Å²) in [5.74, 6) is 0. The Kier molecular flexibility index (Phi) is 1.62. The molecule has 2 aromatic heterocycles. The third kappa shape index (κ3) is 0.985. The van der Waals surface area contributed by atoms with Crippen LogP contribution >= 0.6 is 0 Å². The molecule has 0 aliphatic carbocycles. The molecule has 2 aromatic rings. The number of carbonyl (C=O) groups excluding carboxylic acids is 1. The predicted molar refractivity (Wildman–Crippen MR) is 44.5 cm³/mol. The molecule has 0 fully saturated rings. The molecule has 14 heavy (non-hydrogen) atoms. The van der Waals surface area contributed by atoms with Gasteiger partial charge < -0.3 is 4.98 Å². The lowest BCUT2D eigenvalue weighted by Crippen LogP contribution is -2.32. The fourth-order valence-corrected chi connectivity index (χ4v) is 1.04. The number of aromatic nitrogens is 4. The summed E-state index contributed by atoms with van der Waals surface area (Å²) in [4.78, 5) is 40.9. The number of hydrogen-bond donors (Lipinski definition) is 2. The van der Waals surface area contributed by atoms with E-state index in [2.05, 4.69) is 20.1 Å². The summed E-state index contributed by atoms with van der Waals surface area (Å²) < 4.78 is 0.369. The van der Waals surface area contributed by atoms with E-state index in [0.717, 1.165) is 6.08 Å². The number of rotatable bonds is 1. The molecule has 0 aromatic carbocycles. The fraction of sp³-hybridized carbons (Fsp3) is 0. The zero-order valence-electron chi connectivity index (χ0n) is 6.64. The fourth-order valence-electron chi connectivity index (χ4n) is 1.04. The van der Waals surface area contributed by atoms with Crippen molar-refractivity contribution in [2.75, 3.05) is 0 Å². The summed E-state index contributed by atoms with van der Waals surface area (Å²) in [5, 5.41) is 2.94. The van der Waals surface area contributed by atoms with E-state index in [1.54, 1.807) is 0 Å². The van der Waals surface area contributed by atoms with Gasteiger partial charge in [0.15, 0.2) is 11.2 Å². The van der Waals surface area contributed by atoms with Gasteiger partial charge in [-0.3, -0.25) is 9.78 Å². The number of H-pyrrole nitrogens is 2. The van der Waals surface area contributed by atoms with Gasteiger partial charge in [0.05, 0.1) is 6.33 Å². The standard InChI is InChI=1S/C6H3N5O3/c12-2-9-11-5(13)3-4(8-1-7-3)10-6(11)14/h1H,(H,7,8)(H,10,14). The van der Waals surface area contributed by atoms with Crippen molar-refractivity contribution in [3.05, 3.63) is 27.2 Å². The lowest BCUT2D eigenvalue weighted by molar-refractivity contribution is 0.557. The molecule has 0 atom stereocenters. The van der Waals surface area contributed by atoms with E-state index in [9.17, 15) is 14.4 Å². The molecule has 0 aliphatic heterocycles. The first-order valence-corrected chi connectivity index (χ1v) is 3.50. The van der Waals surface area contributed by atoms with Crippen LogP contribution in [0.25, 0.3) is 11.2 Å². The molecule has 0 bridgehead atoms. The number of aromatic amines is 2. The van der Waals surface area contributed by atoms with Crippen molar-refractivity contribution in [3.63, 3.8) is 0 Å². The summed E-state index contributed by atoms with van der Waals surface area (Å²) in [5.41, 5.74) is -1.39. The van der Waals surface area contributed by atoms with Crippen molar-refractivity contribution in [1.29, 1.82) is 0 Å². The minimum Gasteiger partial charge on any atom is -0.339 e. The number of fused-ring (bicyclic) bond motifs is 1. The molecule has 8 nitrogen and oxygen atoms in total. The number of hydrogen-bond acceptors (Lipinski definition) is 5. The molecule has 0 saturated heterocycles. The summed E-state index contributed by atoms with van der Waals surface area (Å²) in [6.45, 7) is 0. The molecule has 0 aliphatic rings. The smallest absolute Gasteiger partial charge is 0.339 e. The van der Waals surface area contributed by atoms with Gasteiger partial charge in [-0.05, 0) is 0 Å². The largest absolute Gasteiger partial charge is 0.351 e. The van der Waals surface area contributed by atoms with Crippen LogP contribution < -0.4 is 11.2 Å². The van der Waals surface area contributed by atoms with Crippen LogP contribution in [0.15, 0.2) is 21.0 Å². The number of imidazole rings is 1. The number of nitrogens with one attached hydrogen (secondary N) is 2. The van der Waals surface area contributed by atoms with Gasteiger partial charge in [-0.1, -0.05) is 5.10 Å². The summed E-state index contributed by atoms with van der Waals surface area (Å²) in [6, 6.07) is 0. The van der Waals surface area contributed by atoms with Crippen LogP contribution in [-0.2, 0) is 4.79 Å². The Morgan fingerprint density at radius 1 is 1.50 bits per heavy atom. The van der Waals surface area contributed by atoms with Crippen LogP contribution in [0.5, 0.6) is 0 Å². The van der Waals surface area contributed by atoms with Gasteiger partial charge in [-0.25, -0.2) is 14.6 Å². The normalized spacial score (nSPS) is 10.0. The van der Waals surface area contributed by atoms with Crippen molar-refractivity contribution in [3.8, 4) is 0 Å². The Morgan fingerprint density at radius 2 is 2.29 bits per heavy atom. The highest BCUT2D eigenvalue weighted by molar-refractivity contribution is 5.67. The van der Waals surface area contributed by atoms with Crippen LogP contribution in [0.1, 0.15) is 0 Å². The second kappa shape index (κ2) is 2.79. The maximum atomic E-state index is 11.4. The van der Waals surface area contributed by atoms with Gasteiger partial charge in [-0.15, -0.1) is 4.68 Å². The predicted octanol–water partition coefficient (Wildman–Crippen LogP) is -1.49. The average Bonchev–Trinajstić information content (AvgIpc) is 2.60. The zero-order chi connectivity index (χ0) is 10.1. The van der Waals surface area contributed by atoms with Gasteiger partial charge >= 0.3 is 11.2 Å². The molecule has 0 unspecified atom stereocenters. The monoisotopic (exact) mass is 193 g/mol. The van der Waals surface area contributed by atoms with Crippen LogP contribution in [0, 0.1) is 0 Å². The third-order valence-electron chi connectivity index (χ3n) is 1.60. The van der Waals surface area contributed by atoms with E-state index in [-0.39, 0.29) is 11.2 Å². The molecular formula is C6H3N5O3. The van der Waals surface area contributed by atoms with Gasteiger partial charge in [0.1, 0.15) is 0 Å². The van der Waals surface area contributed by atoms with Gasteiger partial charge in [-0.2, -0.15) is 0 Å². The van der Waals surface area contributed by atoms with Crippen molar-refractivity contribution >= 4 is 17.2 Å². The van der Waals surface area contributed by atoms with Crippen molar-refractivity contribution in [2.45, 2.75) is 0 Å². The lowest BCUT2D eigenvalue weighted by atomic mass is 10.5. The highest BCUT2D eigenvalue weighted by Gasteiger charge is 2.07. The summed E-state index contributed by atoms with van der Waals surface area (Å²) >= 11 is 0. The Morgan fingerprint density at radius 3 is 3.00 bits per heavy atom. The van der Waals surface area contributed by atoms with E-state index in [1.165, 1.54) is 6.33 Å². The summed E-state index contributed by atoms with van der Waals surface area (Å²) in [6.07, 6.45) is 2.35. The molecule has 0 radical (unpaired) electrons. The average molecular weight is 193 g/mol. The van der Waals surface area contributed by atoms with Crippen molar-refractivity contribution < 1.29 is 4.79 Å². The molecular weight excluding hydrogens is 190 g/mol. The van der Waals surface area contributed by atoms with Crippen molar-refractivity contribution in [1.82, 2.24) is 19.6 Å². The highest BCUT2D eigenvalue weighted by Crippen LogP contribution is 1.94. The first-order chi connectivity index (χ1) is 6.74. The Labute approximate surface area is 74.9 Å². The SMILES string of the molecule is O=C=Nn1c(=O)[nH]c2nc[nH]c2c1=O. The van der Waals surface area contributed by atoms with E-state index in [1.807, 2.05) is 0 Å². The minimum atomic E-state index is -0.835. The molecule has 2 rings (SSSR count). The topological polar surface area (TPSA) is 113 Å². The third-order valence-corrected chi connectivity index (χ3v) is 1.60. The number of isocyanates is 1. The van der Waals surface area contributed by atoms with Crippen molar-refractivity contribution in [2.24, 2.45) is 5.10 Å². The highest BCUT2D eigenvalue weighted by atomic mass is 16.2. The maximum absolute atomic E-state index is 11.4. The van der Waals surface area contributed by atoms with E-state index in [0.29, 0.717) is 4.68 Å². The first-order valence-electron chi connectivity index (χ1n) is 3.50. The molecule has 2 N–H and O–H groups in total. The Balaban J connectivity index is 3.04. The number of nitrogens with zero attached hydrogens (tertiary/aromatic N) is 3. The molecule has 0 amide bonds. The van der Waals surface area contributed by atoms with E-state index in [4.69, 9.17) is 0 Å². The van der Waals surface area contributed by atoms with E-state index < -0.39 is 11.2 Å². The summed E-state index contributed by atoms with van der Waals surface area (Å²) in [7, 11) is 0. The quantitative estimate of drug-likeness (QED) is 0.424. The van der Waals surface area contributed by atoms with Gasteiger partial charge in [0.25, 0.3) is 6.08 Å². The maximum Gasteiger partial charge on any atom is 0.351 e. The van der Waals surface area contributed by atoms with Crippen LogP contribution in [-0.4, -0.2) is 25.7 Å². The molecule has 70 valence electrons. The lowest BCUT2D eigenvalue weighted by Gasteiger charge is -1.92. The minimum absolute atomic E-state index is 0.0728. The van der Waals surface area contributed by atoms with Crippen LogP contribution in [0.4, 0.5) is 0 Å². The molecule has 2 heterocycles. The van der Waals surface area contributed by atoms with Crippen LogP contribution in [0.2, 0.25) is 0 Å². The molecule has 0 saturated carbocycles. The molecule has 8 heteroatoms. The zero-order valence-corrected chi connectivity index (χ0v) is 6.64. The Bertz CT molecular complexity index is 641.